The molecule has 1 aliphatic rings. The second-order valence-corrected chi connectivity index (χ2v) is 15.7. The van der Waals surface area contributed by atoms with Gasteiger partial charge in [0.2, 0.25) is 0 Å². The van der Waals surface area contributed by atoms with Gasteiger partial charge in [-0.15, -0.1) is 23.5 Å². The van der Waals surface area contributed by atoms with Crippen LogP contribution < -0.4 is 10.4 Å². The van der Waals surface area contributed by atoms with Crippen molar-refractivity contribution in [1.29, 1.82) is 0 Å². The van der Waals surface area contributed by atoms with E-state index in [0.29, 0.717) is 0 Å². The van der Waals surface area contributed by atoms with E-state index >= 15 is 0 Å². The van der Waals surface area contributed by atoms with E-state index in [0.717, 1.165) is 0 Å². The number of thioether (sulfide) groups is 2. The highest BCUT2D eigenvalue weighted by Crippen LogP contribution is 2.56. The van der Waals surface area contributed by atoms with Crippen molar-refractivity contribution in [3.63, 3.8) is 0 Å². The highest BCUT2D eigenvalue weighted by atomic mass is 32.2. The smallest absolute Gasteiger partial charge is 0.111 e. The average molecular weight is 375 g/mol. The molecule has 0 amide bonds. The molecule has 0 atom stereocenters. The summed E-state index contributed by atoms with van der Waals surface area (Å²) in [5.74, 6) is 2.48. The lowest BCUT2D eigenvalue weighted by atomic mass is 10.0. The molecule has 1 saturated heterocycles. The van der Waals surface area contributed by atoms with Gasteiger partial charge in [-0.2, -0.15) is 0 Å². The van der Waals surface area contributed by atoms with E-state index in [-0.39, 0.29) is 4.08 Å². The highest BCUT2D eigenvalue weighted by Gasteiger charge is 2.39. The second kappa shape index (κ2) is 7.22. The van der Waals surface area contributed by atoms with E-state index in [1.165, 1.54) is 22.6 Å². The summed E-state index contributed by atoms with van der Waals surface area (Å²) in [4.78, 5) is 0. The van der Waals surface area contributed by atoms with Gasteiger partial charge in [-0.1, -0.05) is 85.1 Å². The minimum atomic E-state index is -0.707. The minimum absolute atomic E-state index is 0.105. The molecule has 4 heteroatoms. The van der Waals surface area contributed by atoms with Crippen molar-refractivity contribution in [1.82, 2.24) is 0 Å². The molecule has 3 rings (SSSR count). The van der Waals surface area contributed by atoms with Crippen molar-refractivity contribution in [3.05, 3.63) is 59.7 Å². The van der Waals surface area contributed by atoms with Gasteiger partial charge in [0.15, 0.2) is 0 Å². The van der Waals surface area contributed by atoms with Crippen LogP contribution in [0.15, 0.2) is 48.5 Å². The van der Waals surface area contributed by atoms with E-state index in [2.05, 4.69) is 98.2 Å². The first kappa shape index (κ1) is 17.4. The number of benzene rings is 2. The molecule has 0 bridgehead atoms. The predicted molar refractivity (Wildman–Crippen MR) is 116 cm³/mol. The van der Waals surface area contributed by atoms with Crippen LogP contribution >= 0.6 is 23.5 Å². The first-order valence-corrected chi connectivity index (χ1v) is 16.3. The molecule has 1 fully saturated rings. The van der Waals surface area contributed by atoms with Crippen molar-refractivity contribution in [2.45, 2.75) is 30.3 Å². The Balaban J connectivity index is 1.99. The summed E-state index contributed by atoms with van der Waals surface area (Å²) in [6.45, 7) is 9.60. The van der Waals surface area contributed by atoms with Crippen LogP contribution in [0.1, 0.15) is 11.1 Å². The third-order valence-corrected chi connectivity index (χ3v) is 11.6. The average Bonchev–Trinajstić information content (AvgIpc) is 3.06. The summed E-state index contributed by atoms with van der Waals surface area (Å²) >= 11 is 4.22. The van der Waals surface area contributed by atoms with Gasteiger partial charge < -0.3 is 0 Å². The lowest BCUT2D eigenvalue weighted by Gasteiger charge is -2.29. The Hall–Kier alpha value is -0.426. The Morgan fingerprint density at radius 2 is 1.00 bits per heavy atom. The van der Waals surface area contributed by atoms with Crippen LogP contribution in [0.25, 0.3) is 0 Å². The van der Waals surface area contributed by atoms with Crippen molar-refractivity contribution < 1.29 is 0 Å². The number of rotatable bonds is 4. The third-order valence-electron chi connectivity index (χ3n) is 4.61. The first-order valence-electron chi connectivity index (χ1n) is 8.52. The molecule has 0 radical (unpaired) electrons. The molecule has 2 aromatic rings. The first-order chi connectivity index (χ1) is 11.0. The predicted octanol–water partition coefficient (Wildman–Crippen LogP) is 3.76. The van der Waals surface area contributed by atoms with E-state index in [1.807, 2.05) is 0 Å². The van der Waals surface area contributed by atoms with Crippen molar-refractivity contribution >= 4 is 51.5 Å². The lowest BCUT2D eigenvalue weighted by molar-refractivity contribution is 1.09. The van der Waals surface area contributed by atoms with Gasteiger partial charge >= 0.3 is 0 Å². The van der Waals surface area contributed by atoms with Gasteiger partial charge in [0.05, 0.1) is 17.6 Å². The SMILES string of the molecule is C[SiH](C)c1ccc(C2(c3ccc([SiH](C)C)cc3)SCCS2)cc1. The fourth-order valence-electron chi connectivity index (χ4n) is 3.09. The highest BCUT2D eigenvalue weighted by molar-refractivity contribution is 8.20. The molecule has 0 spiro atoms. The maximum absolute atomic E-state index is 2.40. The van der Waals surface area contributed by atoms with Gasteiger partial charge in [-0.05, 0) is 11.1 Å². The lowest BCUT2D eigenvalue weighted by Crippen LogP contribution is -2.25. The molecule has 0 aliphatic carbocycles. The van der Waals surface area contributed by atoms with Crippen LogP contribution in [0.4, 0.5) is 0 Å². The summed E-state index contributed by atoms with van der Waals surface area (Å²) < 4.78 is 0.105. The number of hydrogen-bond donors (Lipinski definition) is 0. The summed E-state index contributed by atoms with van der Waals surface area (Å²) in [5, 5.41) is 3.14. The Morgan fingerprint density at radius 3 is 1.30 bits per heavy atom. The summed E-state index contributed by atoms with van der Waals surface area (Å²) in [6.07, 6.45) is 0. The van der Waals surface area contributed by atoms with Crippen LogP contribution in [0.3, 0.4) is 0 Å². The molecule has 0 unspecified atom stereocenters. The van der Waals surface area contributed by atoms with Gasteiger partial charge in [0.25, 0.3) is 0 Å². The fraction of sp³-hybridized carbons (Fsp3) is 0.368. The monoisotopic (exact) mass is 374 g/mol. The van der Waals surface area contributed by atoms with Gasteiger partial charge in [-0.3, -0.25) is 0 Å². The summed E-state index contributed by atoms with van der Waals surface area (Å²) in [7, 11) is -1.41. The van der Waals surface area contributed by atoms with E-state index < -0.39 is 17.6 Å². The largest absolute Gasteiger partial charge is 0.134 e. The quantitative estimate of drug-likeness (QED) is 0.748. The zero-order valence-electron chi connectivity index (χ0n) is 14.5. The second-order valence-electron chi connectivity index (χ2n) is 6.87. The Bertz CT molecular complexity index is 589. The van der Waals surface area contributed by atoms with Gasteiger partial charge in [0.1, 0.15) is 4.08 Å². The molecule has 23 heavy (non-hydrogen) atoms. The number of hydrogen-bond acceptors (Lipinski definition) is 2. The maximum Gasteiger partial charge on any atom is 0.111 e. The third kappa shape index (κ3) is 3.50. The standard InChI is InChI=1S/C19H26S2Si2/c1-22(2)17-9-5-15(6-10-17)19(20-13-14-21-19)16-7-11-18(12-8-16)23(3)4/h5-12,22-23H,13-14H2,1-4H3. The molecule has 1 aliphatic heterocycles. The molecule has 2 aromatic carbocycles. The van der Waals surface area contributed by atoms with Crippen LogP contribution in [-0.4, -0.2) is 29.1 Å². The van der Waals surface area contributed by atoms with E-state index in [1.54, 1.807) is 10.4 Å². The van der Waals surface area contributed by atoms with E-state index in [4.69, 9.17) is 0 Å². The molecule has 0 aromatic heterocycles. The Labute approximate surface area is 152 Å². The van der Waals surface area contributed by atoms with Crippen LogP contribution in [-0.2, 0) is 4.08 Å². The Morgan fingerprint density at radius 1 is 0.652 bits per heavy atom. The molecule has 0 N–H and O–H groups in total. The Kier molecular flexibility index (Phi) is 5.46. The van der Waals surface area contributed by atoms with Crippen molar-refractivity contribution in [2.75, 3.05) is 11.5 Å². The zero-order chi connectivity index (χ0) is 16.4. The maximum atomic E-state index is 2.40. The summed E-state index contributed by atoms with van der Waals surface area (Å²) in [6, 6.07) is 19.1. The normalized spacial score (nSPS) is 17.1. The van der Waals surface area contributed by atoms with Crippen molar-refractivity contribution in [2.24, 2.45) is 0 Å². The molecule has 1 heterocycles. The zero-order valence-corrected chi connectivity index (χ0v) is 18.4. The van der Waals surface area contributed by atoms with Crippen molar-refractivity contribution in [3.8, 4) is 0 Å². The topological polar surface area (TPSA) is 0 Å². The van der Waals surface area contributed by atoms with E-state index in [9.17, 15) is 0 Å². The molecule has 0 saturated carbocycles. The fourth-order valence-corrected chi connectivity index (χ4v) is 8.30. The van der Waals surface area contributed by atoms with Crippen LogP contribution in [0, 0.1) is 0 Å². The molecule has 122 valence electrons. The molecular formula is C19H26S2Si2. The van der Waals surface area contributed by atoms with Gasteiger partial charge in [0, 0.05) is 11.5 Å². The van der Waals surface area contributed by atoms with Crippen LogP contribution in [0.2, 0.25) is 26.2 Å². The molecular weight excluding hydrogens is 349 g/mol. The molecule has 0 nitrogen and oxygen atoms in total. The minimum Gasteiger partial charge on any atom is -0.134 e. The van der Waals surface area contributed by atoms with Crippen LogP contribution in [0.5, 0.6) is 0 Å². The van der Waals surface area contributed by atoms with Gasteiger partial charge in [-0.25, -0.2) is 0 Å². The summed E-state index contributed by atoms with van der Waals surface area (Å²) in [5.41, 5.74) is 2.94.